The number of hydrogen-bond acceptors (Lipinski definition) is 4. The summed E-state index contributed by atoms with van der Waals surface area (Å²) in [5.74, 6) is 2.15. The Morgan fingerprint density at radius 3 is 2.58 bits per heavy atom. The lowest BCUT2D eigenvalue weighted by Crippen LogP contribution is -2.43. The zero-order chi connectivity index (χ0) is 21.5. The molecule has 2 aliphatic heterocycles. The van der Waals surface area contributed by atoms with Crippen molar-refractivity contribution in [2.75, 3.05) is 13.1 Å². The number of aromatic amines is 1. The molecule has 2 aliphatic carbocycles. The summed E-state index contributed by atoms with van der Waals surface area (Å²) < 4.78 is 0. The van der Waals surface area contributed by atoms with Crippen molar-refractivity contribution in [3.05, 3.63) is 27.4 Å². The molecule has 7 heteroatoms. The van der Waals surface area contributed by atoms with E-state index in [4.69, 9.17) is 4.98 Å². The summed E-state index contributed by atoms with van der Waals surface area (Å²) in [6, 6.07) is -0.130. The fourth-order valence-electron chi connectivity index (χ4n) is 5.76. The molecule has 1 aromatic rings. The maximum absolute atomic E-state index is 13.0. The number of aromatic nitrogens is 2. The second-order valence-corrected chi connectivity index (χ2v) is 10.2. The second kappa shape index (κ2) is 8.40. The number of nitrogens with zero attached hydrogens (tertiary/aromatic N) is 3. The van der Waals surface area contributed by atoms with Gasteiger partial charge in [-0.3, -0.25) is 14.4 Å². The topological polar surface area (TPSA) is 86.4 Å². The van der Waals surface area contributed by atoms with E-state index in [-0.39, 0.29) is 29.3 Å². The van der Waals surface area contributed by atoms with Crippen molar-refractivity contribution < 1.29 is 9.59 Å². The average molecular weight is 427 g/mol. The normalized spacial score (nSPS) is 28.5. The summed E-state index contributed by atoms with van der Waals surface area (Å²) in [6.45, 7) is 3.86. The highest BCUT2D eigenvalue weighted by molar-refractivity contribution is 5.82. The maximum Gasteiger partial charge on any atom is 0.256 e. The highest BCUT2D eigenvalue weighted by Crippen LogP contribution is 2.42. The number of likely N-dealkylation sites (tertiary alicyclic amines) is 1. The first-order valence-corrected chi connectivity index (χ1v) is 12.2. The van der Waals surface area contributed by atoms with Gasteiger partial charge in [-0.15, -0.1) is 0 Å². The summed E-state index contributed by atoms with van der Waals surface area (Å²) in [5.41, 5.74) is 1.29. The number of hydrogen-bond donors (Lipinski definition) is 1. The first kappa shape index (κ1) is 20.7. The Morgan fingerprint density at radius 1 is 1.10 bits per heavy atom. The van der Waals surface area contributed by atoms with Gasteiger partial charge in [0.2, 0.25) is 11.8 Å². The highest BCUT2D eigenvalue weighted by Gasteiger charge is 2.44. The van der Waals surface area contributed by atoms with Crippen LogP contribution in [0.25, 0.3) is 0 Å². The Balaban J connectivity index is 1.32. The molecule has 1 N–H and O–H groups in total. The maximum atomic E-state index is 13.0. The molecule has 3 heterocycles. The van der Waals surface area contributed by atoms with Crippen LogP contribution in [0.1, 0.15) is 87.8 Å². The SMILES string of the molecule is CC1CC1C(=O)N1CCCCC1c1nc2c(c(=O)[nH]1)CN(C(=O)CC1CCCC1)CC2. The van der Waals surface area contributed by atoms with Gasteiger partial charge in [-0.05, 0) is 50.4 Å². The van der Waals surface area contributed by atoms with Gasteiger partial charge in [0, 0.05) is 31.8 Å². The summed E-state index contributed by atoms with van der Waals surface area (Å²) in [4.78, 5) is 50.3. The van der Waals surface area contributed by atoms with Crippen LogP contribution in [0.5, 0.6) is 0 Å². The lowest BCUT2D eigenvalue weighted by atomic mass is 9.99. The van der Waals surface area contributed by atoms with E-state index < -0.39 is 0 Å². The van der Waals surface area contributed by atoms with E-state index in [0.29, 0.717) is 49.2 Å². The Bertz CT molecular complexity index is 920. The Morgan fingerprint density at radius 2 is 1.84 bits per heavy atom. The van der Waals surface area contributed by atoms with E-state index >= 15 is 0 Å². The summed E-state index contributed by atoms with van der Waals surface area (Å²) in [7, 11) is 0. The molecule has 3 atom stereocenters. The number of fused-ring (bicyclic) bond motifs is 1. The standard InChI is InChI=1S/C24H34N4O3/c1-15-12-17(15)24(31)28-10-5-4-8-20(28)22-25-19-9-11-27(14-18(19)23(30)26-22)21(29)13-16-6-2-3-7-16/h15-17,20H,2-14H2,1H3,(H,25,26,30). The van der Waals surface area contributed by atoms with E-state index in [1.807, 2.05) is 9.80 Å². The molecule has 3 unspecified atom stereocenters. The van der Waals surface area contributed by atoms with Gasteiger partial charge >= 0.3 is 0 Å². The lowest BCUT2D eigenvalue weighted by molar-refractivity contribution is -0.137. The van der Waals surface area contributed by atoms with Crippen molar-refractivity contribution in [2.24, 2.45) is 17.8 Å². The number of carbonyl (C=O) groups excluding carboxylic acids is 2. The minimum absolute atomic E-state index is 0.130. The first-order valence-electron chi connectivity index (χ1n) is 12.2. The van der Waals surface area contributed by atoms with E-state index in [1.165, 1.54) is 12.8 Å². The minimum atomic E-state index is -0.142. The molecule has 1 aromatic heterocycles. The van der Waals surface area contributed by atoms with Crippen molar-refractivity contribution in [2.45, 2.75) is 83.7 Å². The summed E-state index contributed by atoms with van der Waals surface area (Å²) >= 11 is 0. The van der Waals surface area contributed by atoms with Gasteiger partial charge in [-0.25, -0.2) is 4.98 Å². The zero-order valence-electron chi connectivity index (χ0n) is 18.6. The number of piperidine rings is 1. The van der Waals surface area contributed by atoms with Gasteiger partial charge in [-0.2, -0.15) is 0 Å². The zero-order valence-corrected chi connectivity index (χ0v) is 18.6. The molecule has 2 saturated carbocycles. The Labute approximate surface area is 183 Å². The number of H-pyrrole nitrogens is 1. The van der Waals surface area contributed by atoms with Crippen LogP contribution >= 0.6 is 0 Å². The molecule has 2 amide bonds. The molecule has 168 valence electrons. The third-order valence-corrected chi connectivity index (χ3v) is 7.91. The Hall–Kier alpha value is -2.18. The fraction of sp³-hybridized carbons (Fsp3) is 0.750. The summed E-state index contributed by atoms with van der Waals surface area (Å²) in [5, 5.41) is 0. The smallest absolute Gasteiger partial charge is 0.256 e. The lowest BCUT2D eigenvalue weighted by Gasteiger charge is -2.36. The Kier molecular flexibility index (Phi) is 5.61. The monoisotopic (exact) mass is 426 g/mol. The van der Waals surface area contributed by atoms with Crippen molar-refractivity contribution >= 4 is 11.8 Å². The van der Waals surface area contributed by atoms with Gasteiger partial charge in [0.05, 0.1) is 23.8 Å². The molecule has 7 nitrogen and oxygen atoms in total. The van der Waals surface area contributed by atoms with E-state index in [0.717, 1.165) is 50.8 Å². The predicted molar refractivity (Wildman–Crippen MR) is 116 cm³/mol. The van der Waals surface area contributed by atoms with Crippen LogP contribution in [-0.2, 0) is 22.6 Å². The average Bonchev–Trinajstić information content (AvgIpc) is 3.28. The van der Waals surface area contributed by atoms with Crippen LogP contribution in [-0.4, -0.2) is 44.7 Å². The predicted octanol–water partition coefficient (Wildman–Crippen LogP) is 2.94. The van der Waals surface area contributed by atoms with Crippen LogP contribution in [0.15, 0.2) is 4.79 Å². The van der Waals surface area contributed by atoms with Gasteiger partial charge < -0.3 is 14.8 Å². The summed E-state index contributed by atoms with van der Waals surface area (Å²) in [6.07, 6.45) is 9.86. The molecule has 3 fully saturated rings. The van der Waals surface area contributed by atoms with Crippen molar-refractivity contribution in [1.29, 1.82) is 0 Å². The van der Waals surface area contributed by atoms with Crippen LogP contribution in [0.3, 0.4) is 0 Å². The number of nitrogens with one attached hydrogen (secondary N) is 1. The quantitative estimate of drug-likeness (QED) is 0.802. The fourth-order valence-corrected chi connectivity index (χ4v) is 5.76. The molecule has 31 heavy (non-hydrogen) atoms. The first-order chi connectivity index (χ1) is 15.0. The van der Waals surface area contributed by atoms with E-state index in [9.17, 15) is 14.4 Å². The molecule has 1 saturated heterocycles. The van der Waals surface area contributed by atoms with Gasteiger partial charge in [0.25, 0.3) is 5.56 Å². The third-order valence-electron chi connectivity index (χ3n) is 7.91. The van der Waals surface area contributed by atoms with E-state index in [2.05, 4.69) is 11.9 Å². The van der Waals surface area contributed by atoms with Crippen molar-refractivity contribution in [3.8, 4) is 0 Å². The van der Waals surface area contributed by atoms with Crippen molar-refractivity contribution in [1.82, 2.24) is 19.8 Å². The molecule has 4 aliphatic rings. The van der Waals surface area contributed by atoms with Gasteiger partial charge in [0.15, 0.2) is 0 Å². The number of carbonyl (C=O) groups is 2. The number of amides is 2. The van der Waals surface area contributed by atoms with Crippen molar-refractivity contribution in [3.63, 3.8) is 0 Å². The third kappa shape index (κ3) is 4.15. The number of rotatable bonds is 4. The molecule has 5 rings (SSSR count). The molecule has 0 bridgehead atoms. The second-order valence-electron chi connectivity index (χ2n) is 10.2. The van der Waals surface area contributed by atoms with Crippen LogP contribution in [0.2, 0.25) is 0 Å². The molecule has 0 aromatic carbocycles. The van der Waals surface area contributed by atoms with Crippen LogP contribution in [0, 0.1) is 17.8 Å². The van der Waals surface area contributed by atoms with Crippen LogP contribution < -0.4 is 5.56 Å². The molecule has 0 radical (unpaired) electrons. The van der Waals surface area contributed by atoms with Gasteiger partial charge in [-0.1, -0.05) is 19.8 Å². The molecule has 0 spiro atoms. The minimum Gasteiger partial charge on any atom is -0.338 e. The molecular formula is C24H34N4O3. The van der Waals surface area contributed by atoms with E-state index in [1.54, 1.807) is 0 Å². The highest BCUT2D eigenvalue weighted by atomic mass is 16.2. The van der Waals surface area contributed by atoms with Crippen LogP contribution in [0.4, 0.5) is 0 Å². The largest absolute Gasteiger partial charge is 0.338 e. The van der Waals surface area contributed by atoms with Gasteiger partial charge in [0.1, 0.15) is 5.82 Å². The molecular weight excluding hydrogens is 392 g/mol.